The normalized spacial score (nSPS) is 16.5. The maximum absolute atomic E-state index is 13.5. The number of carbonyl (C=O) groups is 2. The largest absolute Gasteiger partial charge is 0.507 e. The van der Waals surface area contributed by atoms with Crippen LogP contribution < -0.4 is 14.2 Å². The number of nitrogens with one attached hydrogen (secondary N) is 1. The third-order valence-corrected chi connectivity index (χ3v) is 7.60. The number of fused-ring (bicyclic) bond motifs is 1. The summed E-state index contributed by atoms with van der Waals surface area (Å²) in [5.41, 5.74) is 2.41. The number of Topliss-reactive ketones (excluding diaryl/α,β-unsaturated/α-hetero) is 1. The molecule has 40 heavy (non-hydrogen) atoms. The zero-order chi connectivity index (χ0) is 28.6. The first kappa shape index (κ1) is 27.4. The van der Waals surface area contributed by atoms with Crippen LogP contribution in [0.1, 0.15) is 22.7 Å². The molecule has 1 atom stereocenters. The average molecular weight is 581 g/mol. The molecule has 0 spiro atoms. The predicted molar refractivity (Wildman–Crippen MR) is 154 cm³/mol. The average Bonchev–Trinajstić information content (AvgIpc) is 3.48. The molecule has 0 radical (unpaired) electrons. The minimum Gasteiger partial charge on any atom is -0.507 e. The molecule has 1 aromatic heterocycles. The lowest BCUT2D eigenvalue weighted by Gasteiger charge is -2.27. The van der Waals surface area contributed by atoms with E-state index in [0.29, 0.717) is 34.3 Å². The van der Waals surface area contributed by atoms with Crippen molar-refractivity contribution in [3.63, 3.8) is 0 Å². The molecular formula is C30H26Cl2N2O6. The van der Waals surface area contributed by atoms with Crippen LogP contribution in [0.25, 0.3) is 16.7 Å². The van der Waals surface area contributed by atoms with Gasteiger partial charge >= 0.3 is 0 Å². The number of benzene rings is 3. The van der Waals surface area contributed by atoms with Gasteiger partial charge in [0.1, 0.15) is 23.0 Å². The summed E-state index contributed by atoms with van der Waals surface area (Å²) in [6.07, 6.45) is 2.29. The molecule has 5 rings (SSSR count). The minimum absolute atomic E-state index is 0.110. The van der Waals surface area contributed by atoms with Crippen LogP contribution in [-0.4, -0.2) is 54.6 Å². The number of carbonyl (C=O) groups excluding carboxylic acids is 2. The lowest BCUT2D eigenvalue weighted by Crippen LogP contribution is -2.31. The molecule has 0 bridgehead atoms. The van der Waals surface area contributed by atoms with Crippen LogP contribution in [0.2, 0.25) is 10.0 Å². The van der Waals surface area contributed by atoms with Gasteiger partial charge in [0.05, 0.1) is 38.0 Å². The molecule has 0 unspecified atom stereocenters. The lowest BCUT2D eigenvalue weighted by atomic mass is 9.94. The number of hydrogen-bond acceptors (Lipinski definition) is 6. The Balaban J connectivity index is 1.63. The Labute approximate surface area is 240 Å². The van der Waals surface area contributed by atoms with E-state index < -0.39 is 23.5 Å². The van der Waals surface area contributed by atoms with Gasteiger partial charge in [-0.25, -0.2) is 0 Å². The van der Waals surface area contributed by atoms with Gasteiger partial charge in [-0.05, 0) is 66.6 Å². The van der Waals surface area contributed by atoms with Crippen LogP contribution in [-0.2, 0) is 16.0 Å². The molecule has 1 amide bonds. The van der Waals surface area contributed by atoms with Gasteiger partial charge < -0.3 is 29.2 Å². The van der Waals surface area contributed by atoms with Gasteiger partial charge in [-0.2, -0.15) is 0 Å². The van der Waals surface area contributed by atoms with Crippen LogP contribution in [0.4, 0.5) is 0 Å². The van der Waals surface area contributed by atoms with Crippen molar-refractivity contribution in [1.82, 2.24) is 9.88 Å². The number of aliphatic hydroxyl groups excluding tert-OH is 1. The Morgan fingerprint density at radius 2 is 1.68 bits per heavy atom. The van der Waals surface area contributed by atoms with Crippen molar-refractivity contribution in [1.29, 1.82) is 0 Å². The molecule has 206 valence electrons. The zero-order valence-corrected chi connectivity index (χ0v) is 23.5. The van der Waals surface area contributed by atoms with E-state index in [1.807, 2.05) is 24.4 Å². The number of amides is 1. The second kappa shape index (κ2) is 11.2. The van der Waals surface area contributed by atoms with Crippen molar-refractivity contribution < 1.29 is 28.9 Å². The number of likely N-dealkylation sites (tertiary alicyclic amines) is 1. The Bertz CT molecular complexity index is 1660. The molecule has 2 heterocycles. The number of ketones is 1. The summed E-state index contributed by atoms with van der Waals surface area (Å²) in [4.78, 5) is 31.7. The molecule has 0 saturated carbocycles. The lowest BCUT2D eigenvalue weighted by molar-refractivity contribution is -0.139. The van der Waals surface area contributed by atoms with Crippen molar-refractivity contribution in [2.45, 2.75) is 12.5 Å². The first-order chi connectivity index (χ1) is 19.3. The van der Waals surface area contributed by atoms with Crippen LogP contribution in [0, 0.1) is 0 Å². The monoisotopic (exact) mass is 580 g/mol. The van der Waals surface area contributed by atoms with Gasteiger partial charge in [0.25, 0.3) is 11.7 Å². The van der Waals surface area contributed by atoms with E-state index >= 15 is 0 Å². The fourth-order valence-electron chi connectivity index (χ4n) is 5.05. The number of halogens is 2. The van der Waals surface area contributed by atoms with E-state index in [1.54, 1.807) is 31.4 Å². The summed E-state index contributed by atoms with van der Waals surface area (Å²) >= 11 is 12.4. The first-order valence-corrected chi connectivity index (χ1v) is 13.1. The quantitative estimate of drug-likeness (QED) is 0.147. The maximum atomic E-state index is 13.5. The van der Waals surface area contributed by atoms with E-state index in [1.165, 1.54) is 31.3 Å². The standard InChI is InChI=1S/C30H26Cl2N2O6/c1-38-18-5-8-24-21(13-18)16(15-33-24)10-11-34-27(22-14-19(39-2)6-9-25(22)40-3)26(29(36)30(34)37)28(35)20-7-4-17(31)12-23(20)32/h4-9,12-15,27,33,35H,10-11H2,1-3H3/t27-/m1/s1. The topological polar surface area (TPSA) is 101 Å². The number of aromatic nitrogens is 1. The van der Waals surface area contributed by atoms with Crippen molar-refractivity contribution in [3.05, 3.63) is 93.1 Å². The van der Waals surface area contributed by atoms with Gasteiger partial charge in [-0.3, -0.25) is 9.59 Å². The Morgan fingerprint density at radius 3 is 2.38 bits per heavy atom. The first-order valence-electron chi connectivity index (χ1n) is 12.4. The van der Waals surface area contributed by atoms with Crippen LogP contribution in [0.5, 0.6) is 17.2 Å². The SMILES string of the molecule is COc1ccc(OC)c([C@@H]2C(=C(O)c3ccc(Cl)cc3Cl)C(=O)C(=O)N2CCc2c[nH]c3ccc(OC)cc23)c1. The summed E-state index contributed by atoms with van der Waals surface area (Å²) in [6, 6.07) is 14.3. The number of rotatable bonds is 8. The highest BCUT2D eigenvalue weighted by Gasteiger charge is 2.47. The summed E-state index contributed by atoms with van der Waals surface area (Å²) in [5, 5.41) is 12.9. The molecule has 3 aromatic carbocycles. The highest BCUT2D eigenvalue weighted by molar-refractivity contribution is 6.47. The second-order valence-electron chi connectivity index (χ2n) is 9.20. The highest BCUT2D eigenvalue weighted by atomic mass is 35.5. The molecule has 4 aromatic rings. The van der Waals surface area contributed by atoms with Crippen molar-refractivity contribution in [2.24, 2.45) is 0 Å². The van der Waals surface area contributed by atoms with Crippen molar-refractivity contribution in [3.8, 4) is 17.2 Å². The number of nitrogens with zero attached hydrogens (tertiary/aromatic N) is 1. The molecule has 1 aliphatic heterocycles. The second-order valence-corrected chi connectivity index (χ2v) is 10.0. The number of aromatic amines is 1. The van der Waals surface area contributed by atoms with E-state index in [9.17, 15) is 14.7 Å². The Hall–Kier alpha value is -4.14. The summed E-state index contributed by atoms with van der Waals surface area (Å²) in [5.74, 6) is -0.376. The molecular weight excluding hydrogens is 555 g/mol. The van der Waals surface area contributed by atoms with Gasteiger partial charge in [-0.15, -0.1) is 0 Å². The van der Waals surface area contributed by atoms with E-state index in [2.05, 4.69) is 4.98 Å². The van der Waals surface area contributed by atoms with Crippen molar-refractivity contribution in [2.75, 3.05) is 27.9 Å². The third-order valence-electron chi connectivity index (χ3n) is 7.05. The van der Waals surface area contributed by atoms with Gasteiger partial charge in [-0.1, -0.05) is 23.2 Å². The molecule has 1 fully saturated rings. The number of hydrogen-bond donors (Lipinski definition) is 2. The van der Waals surface area contributed by atoms with E-state index in [0.717, 1.165) is 16.5 Å². The van der Waals surface area contributed by atoms with Crippen molar-refractivity contribution >= 4 is 51.6 Å². The molecule has 1 aliphatic rings. The molecule has 1 saturated heterocycles. The predicted octanol–water partition coefficient (Wildman–Crippen LogP) is 6.16. The number of methoxy groups -OCH3 is 3. The summed E-state index contributed by atoms with van der Waals surface area (Å²) < 4.78 is 16.4. The minimum atomic E-state index is -0.975. The van der Waals surface area contributed by atoms with Crippen LogP contribution >= 0.6 is 23.2 Å². The molecule has 10 heteroatoms. The number of ether oxygens (including phenoxy) is 3. The fraction of sp³-hybridized carbons (Fsp3) is 0.200. The maximum Gasteiger partial charge on any atom is 0.295 e. The molecule has 0 aliphatic carbocycles. The summed E-state index contributed by atoms with van der Waals surface area (Å²) in [6.45, 7) is 0.172. The Morgan fingerprint density at radius 1 is 0.950 bits per heavy atom. The summed E-state index contributed by atoms with van der Waals surface area (Å²) in [7, 11) is 4.61. The van der Waals surface area contributed by atoms with E-state index in [-0.39, 0.29) is 22.7 Å². The van der Waals surface area contributed by atoms with Gasteiger partial charge in [0, 0.05) is 39.8 Å². The van der Waals surface area contributed by atoms with E-state index in [4.69, 9.17) is 37.4 Å². The number of aliphatic hydroxyl groups is 1. The Kier molecular flexibility index (Phi) is 7.65. The van der Waals surface area contributed by atoms with Gasteiger partial charge in [0.15, 0.2) is 0 Å². The van der Waals surface area contributed by atoms with Crippen LogP contribution in [0.15, 0.2) is 66.4 Å². The van der Waals surface area contributed by atoms with Crippen LogP contribution in [0.3, 0.4) is 0 Å². The highest BCUT2D eigenvalue weighted by Crippen LogP contribution is 2.45. The number of H-pyrrole nitrogens is 1. The smallest absolute Gasteiger partial charge is 0.295 e. The van der Waals surface area contributed by atoms with Gasteiger partial charge in [0.2, 0.25) is 0 Å². The third kappa shape index (κ3) is 4.85. The molecule has 2 N–H and O–H groups in total. The fourth-order valence-corrected chi connectivity index (χ4v) is 5.54. The molecule has 8 nitrogen and oxygen atoms in total. The zero-order valence-electron chi connectivity index (χ0n) is 22.0.